The average Bonchev–Trinajstić information content (AvgIpc) is 3.73. The van der Waals surface area contributed by atoms with Crippen LogP contribution in [0.3, 0.4) is 0 Å². The second kappa shape index (κ2) is 9.73. The third-order valence-electron chi connectivity index (χ3n) is 7.90. The zero-order valence-corrected chi connectivity index (χ0v) is 21.3. The Morgan fingerprint density at radius 2 is 1.90 bits per heavy atom. The Balaban J connectivity index is 1.11. The number of carbonyl (C=O) groups is 1. The lowest BCUT2D eigenvalue weighted by molar-refractivity contribution is -0.110. The number of nitrogens with zero attached hydrogens (tertiary/aromatic N) is 3. The molecule has 2 fully saturated rings. The normalized spacial score (nSPS) is 19.3. The van der Waals surface area contributed by atoms with Crippen LogP contribution >= 0.6 is 0 Å². The van der Waals surface area contributed by atoms with E-state index in [0.717, 1.165) is 35.4 Å². The van der Waals surface area contributed by atoms with Crippen molar-refractivity contribution in [2.24, 2.45) is 10.9 Å². The summed E-state index contributed by atoms with van der Waals surface area (Å²) in [5.74, 6) is 0.731. The van der Waals surface area contributed by atoms with Crippen molar-refractivity contribution in [1.29, 1.82) is 0 Å². The van der Waals surface area contributed by atoms with E-state index in [2.05, 4.69) is 39.6 Å². The summed E-state index contributed by atoms with van der Waals surface area (Å²) in [6, 6.07) is 18.2. The van der Waals surface area contributed by atoms with Crippen LogP contribution in [0.1, 0.15) is 48.3 Å². The Kier molecular flexibility index (Phi) is 5.91. The van der Waals surface area contributed by atoms with Crippen molar-refractivity contribution in [3.8, 4) is 22.8 Å². The topological polar surface area (TPSA) is 76.5 Å². The number of rotatable bonds is 7. The van der Waals surface area contributed by atoms with Crippen molar-refractivity contribution >= 4 is 17.3 Å². The fourth-order valence-electron chi connectivity index (χ4n) is 5.47. The summed E-state index contributed by atoms with van der Waals surface area (Å²) in [4.78, 5) is 26.9. The van der Waals surface area contributed by atoms with Gasteiger partial charge in [0.25, 0.3) is 5.91 Å². The summed E-state index contributed by atoms with van der Waals surface area (Å²) in [5.41, 5.74) is 6.35. The maximum absolute atomic E-state index is 13.9. The molecule has 0 radical (unpaired) electrons. The quantitative estimate of drug-likeness (QED) is 0.295. The van der Waals surface area contributed by atoms with E-state index >= 15 is 0 Å². The molecule has 2 aliphatic carbocycles. The van der Waals surface area contributed by atoms with Crippen LogP contribution in [0.2, 0.25) is 0 Å². The third kappa shape index (κ3) is 4.80. The number of pyridine rings is 2. The molecule has 6 nitrogen and oxygen atoms in total. The molecule has 3 heterocycles. The van der Waals surface area contributed by atoms with Gasteiger partial charge < -0.3 is 10.1 Å². The predicted octanol–water partition coefficient (Wildman–Crippen LogP) is 6.71. The highest BCUT2D eigenvalue weighted by molar-refractivity contribution is 6.49. The molecule has 1 unspecified atom stereocenters. The molecule has 0 saturated heterocycles. The molecule has 0 spiro atoms. The number of carbonyl (C=O) groups excluding carboxylic acids is 1. The van der Waals surface area contributed by atoms with Gasteiger partial charge in [-0.1, -0.05) is 43.5 Å². The minimum Gasteiger partial charge on any atom is -0.436 e. The summed E-state index contributed by atoms with van der Waals surface area (Å²) >= 11 is 0. The van der Waals surface area contributed by atoms with Gasteiger partial charge >= 0.3 is 0 Å². The molecule has 3 aliphatic rings. The summed E-state index contributed by atoms with van der Waals surface area (Å²) in [6.45, 7) is 0. The Hall–Kier alpha value is -4.39. The molecule has 39 heavy (non-hydrogen) atoms. The van der Waals surface area contributed by atoms with Gasteiger partial charge in [-0.15, -0.1) is 0 Å². The Morgan fingerprint density at radius 1 is 1.00 bits per heavy atom. The lowest BCUT2D eigenvalue weighted by atomic mass is 9.81. The maximum atomic E-state index is 13.9. The molecule has 0 bridgehead atoms. The first-order chi connectivity index (χ1) is 19.1. The van der Waals surface area contributed by atoms with Crippen LogP contribution in [0.25, 0.3) is 11.1 Å². The number of halogens is 1. The molecule has 2 atom stereocenters. The molecule has 1 aliphatic heterocycles. The number of nitrogens with one attached hydrogen (secondary N) is 1. The second-order valence-electron chi connectivity index (χ2n) is 10.6. The van der Waals surface area contributed by atoms with Crippen LogP contribution in [-0.4, -0.2) is 27.6 Å². The standard InChI is InChI=1S/C32H27FN4O2/c33-27-6-1-2-7-29(27)39-30-11-9-23(18-35-30)36-32(38)31-26-14-21(8-10-24(26)25-15-28(25)37-31)22-13-20(16-34-17-22)12-19-4-3-5-19/h1-2,6-11,13-14,16-19,25,28H,3-5,12,15H2,(H,36,38)/t25-,28?/m1/s1. The molecule has 7 heteroatoms. The molecule has 2 saturated carbocycles. The Morgan fingerprint density at radius 3 is 2.69 bits per heavy atom. The number of ether oxygens (including phenoxy) is 1. The molecule has 194 valence electrons. The number of aliphatic imine (C=N–C) groups is 1. The van der Waals surface area contributed by atoms with Crippen molar-refractivity contribution in [2.75, 3.05) is 5.32 Å². The van der Waals surface area contributed by atoms with Gasteiger partial charge in [0.1, 0.15) is 5.71 Å². The third-order valence-corrected chi connectivity index (χ3v) is 7.90. The summed E-state index contributed by atoms with van der Waals surface area (Å²) < 4.78 is 19.4. The summed E-state index contributed by atoms with van der Waals surface area (Å²) in [5, 5.41) is 2.92. The van der Waals surface area contributed by atoms with Crippen LogP contribution in [0.5, 0.6) is 11.6 Å². The number of para-hydroxylation sites is 1. The van der Waals surface area contributed by atoms with Gasteiger partial charge in [-0.3, -0.25) is 14.8 Å². The zero-order chi connectivity index (χ0) is 26.3. The van der Waals surface area contributed by atoms with Crippen LogP contribution in [0.15, 0.2) is 84.2 Å². The molecule has 2 aromatic carbocycles. The van der Waals surface area contributed by atoms with Crippen LogP contribution < -0.4 is 10.1 Å². The lowest BCUT2D eigenvalue weighted by Gasteiger charge is -2.25. The molecule has 4 aromatic rings. The fourth-order valence-corrected chi connectivity index (χ4v) is 5.47. The van der Waals surface area contributed by atoms with Gasteiger partial charge in [0.15, 0.2) is 11.6 Å². The molecule has 7 rings (SSSR count). The van der Waals surface area contributed by atoms with E-state index in [4.69, 9.17) is 9.73 Å². The smallest absolute Gasteiger partial charge is 0.274 e. The van der Waals surface area contributed by atoms with Crippen LogP contribution in [0, 0.1) is 11.7 Å². The van der Waals surface area contributed by atoms with Gasteiger partial charge in [0.05, 0.1) is 17.9 Å². The first-order valence-corrected chi connectivity index (χ1v) is 13.5. The number of benzene rings is 2. The molecular weight excluding hydrogens is 491 g/mol. The van der Waals surface area contributed by atoms with E-state index in [9.17, 15) is 9.18 Å². The largest absolute Gasteiger partial charge is 0.436 e. The highest BCUT2D eigenvalue weighted by atomic mass is 19.1. The second-order valence-corrected chi connectivity index (χ2v) is 10.6. The highest BCUT2D eigenvalue weighted by Crippen LogP contribution is 2.49. The van der Waals surface area contributed by atoms with E-state index in [0.29, 0.717) is 17.3 Å². The first-order valence-electron chi connectivity index (χ1n) is 13.5. The predicted molar refractivity (Wildman–Crippen MR) is 148 cm³/mol. The van der Waals surface area contributed by atoms with Gasteiger partial charge in [-0.25, -0.2) is 9.37 Å². The minimum atomic E-state index is -0.468. The maximum Gasteiger partial charge on any atom is 0.274 e. The van der Waals surface area contributed by atoms with Gasteiger partial charge in [-0.05, 0) is 65.8 Å². The van der Waals surface area contributed by atoms with E-state index in [1.165, 1.54) is 48.7 Å². The number of hydrogen-bond donors (Lipinski definition) is 1. The Bertz CT molecular complexity index is 1600. The molecule has 2 aromatic heterocycles. The van der Waals surface area contributed by atoms with Gasteiger partial charge in [0, 0.05) is 35.5 Å². The van der Waals surface area contributed by atoms with E-state index < -0.39 is 5.82 Å². The minimum absolute atomic E-state index is 0.0912. The molecule has 1 N–H and O–H groups in total. The monoisotopic (exact) mass is 518 g/mol. The average molecular weight is 519 g/mol. The first kappa shape index (κ1) is 23.7. The molecule has 1 amide bonds. The fraction of sp³-hybridized carbons (Fsp3) is 0.250. The van der Waals surface area contributed by atoms with E-state index in [-0.39, 0.29) is 23.6 Å². The van der Waals surface area contributed by atoms with Crippen molar-refractivity contribution in [1.82, 2.24) is 9.97 Å². The van der Waals surface area contributed by atoms with Crippen LogP contribution in [-0.2, 0) is 11.2 Å². The number of anilines is 1. The number of hydrogen-bond acceptors (Lipinski definition) is 5. The van der Waals surface area contributed by atoms with Gasteiger partial charge in [-0.2, -0.15) is 0 Å². The van der Waals surface area contributed by atoms with Crippen LogP contribution in [0.4, 0.5) is 10.1 Å². The van der Waals surface area contributed by atoms with Crippen molar-refractivity contribution in [2.45, 2.75) is 44.1 Å². The highest BCUT2D eigenvalue weighted by Gasteiger charge is 2.44. The Labute approximate surface area is 226 Å². The van der Waals surface area contributed by atoms with E-state index in [1.54, 1.807) is 24.3 Å². The number of aromatic nitrogens is 2. The number of fused-ring (bicyclic) bond motifs is 3. The zero-order valence-electron chi connectivity index (χ0n) is 21.3. The van der Waals surface area contributed by atoms with Crippen molar-refractivity contribution in [3.63, 3.8) is 0 Å². The summed E-state index contributed by atoms with van der Waals surface area (Å²) in [6.07, 6.45) is 11.3. The molecular formula is C32H27FN4O2. The lowest BCUT2D eigenvalue weighted by Crippen LogP contribution is -2.27. The number of amides is 1. The SMILES string of the molecule is O=C(Nc1ccc(Oc2ccccc2F)nc1)C1=NC2C[C@@H]2c2ccc(-c3cncc(CC4CCC4)c3)cc21. The summed E-state index contributed by atoms with van der Waals surface area (Å²) in [7, 11) is 0. The van der Waals surface area contributed by atoms with E-state index in [1.807, 2.05) is 12.4 Å². The van der Waals surface area contributed by atoms with Gasteiger partial charge in [0.2, 0.25) is 5.88 Å². The van der Waals surface area contributed by atoms with Crippen molar-refractivity contribution < 1.29 is 13.9 Å². The van der Waals surface area contributed by atoms with Crippen molar-refractivity contribution in [3.05, 3.63) is 102 Å².